The molecule has 5 heteroatoms. The van der Waals surface area contributed by atoms with Crippen LogP contribution in [0.2, 0.25) is 6.04 Å². The van der Waals surface area contributed by atoms with Crippen molar-refractivity contribution in [2.75, 3.05) is 6.61 Å². The Morgan fingerprint density at radius 1 is 1.53 bits per heavy atom. The number of hydrogen-bond donors (Lipinski definition) is 0. The van der Waals surface area contributed by atoms with E-state index < -0.39 is 11.8 Å². The number of benzene rings is 1. The molecule has 0 aromatic heterocycles. The van der Waals surface area contributed by atoms with Gasteiger partial charge in [0.1, 0.15) is 11.4 Å². The minimum absolute atomic E-state index is 0.0476. The molecule has 0 aliphatic heterocycles. The molecule has 0 spiro atoms. The van der Waals surface area contributed by atoms with Crippen LogP contribution < -0.4 is 0 Å². The highest BCUT2D eigenvalue weighted by Gasteiger charge is 2.16. The summed E-state index contributed by atoms with van der Waals surface area (Å²) in [6.07, 6.45) is 0.864. The minimum Gasteiger partial charge on any atom is -0.462 e. The Kier molecular flexibility index (Phi) is 5.24. The summed E-state index contributed by atoms with van der Waals surface area (Å²) >= 11 is 1.93. The van der Waals surface area contributed by atoms with Gasteiger partial charge in [0.25, 0.3) is 0 Å². The Balaban J connectivity index is 2.73. The molecule has 15 heavy (non-hydrogen) atoms. The molecule has 0 heterocycles. The third kappa shape index (κ3) is 3.56. The number of esters is 1. The van der Waals surface area contributed by atoms with Gasteiger partial charge in [0.15, 0.2) is 0 Å². The fourth-order valence-electron chi connectivity index (χ4n) is 1.07. The van der Waals surface area contributed by atoms with Crippen molar-refractivity contribution < 1.29 is 13.9 Å². The quantitative estimate of drug-likeness (QED) is 0.362. The van der Waals surface area contributed by atoms with E-state index in [1.165, 1.54) is 6.07 Å². The van der Waals surface area contributed by atoms with E-state index >= 15 is 0 Å². The van der Waals surface area contributed by atoms with Gasteiger partial charge in [-0.25, -0.2) is 9.18 Å². The van der Waals surface area contributed by atoms with E-state index in [1.807, 2.05) is 22.6 Å². The molecule has 0 bridgehead atoms. The van der Waals surface area contributed by atoms with Gasteiger partial charge < -0.3 is 4.74 Å². The molecule has 2 nitrogen and oxygen atoms in total. The van der Waals surface area contributed by atoms with Crippen LogP contribution in [0.4, 0.5) is 4.39 Å². The zero-order valence-corrected chi connectivity index (χ0v) is 12.6. The summed E-state index contributed by atoms with van der Waals surface area (Å²) in [5.41, 5.74) is 0.0476. The molecule has 82 valence electrons. The molecule has 0 fully saturated rings. The van der Waals surface area contributed by atoms with Crippen molar-refractivity contribution >= 4 is 38.8 Å². The zero-order chi connectivity index (χ0) is 11.3. The van der Waals surface area contributed by atoms with Gasteiger partial charge in [0, 0.05) is 13.8 Å². The molecule has 0 saturated carbocycles. The highest BCUT2D eigenvalue weighted by Crippen LogP contribution is 2.16. The van der Waals surface area contributed by atoms with Crippen molar-refractivity contribution in [2.45, 2.75) is 12.5 Å². The normalized spacial score (nSPS) is 10.3. The van der Waals surface area contributed by atoms with Gasteiger partial charge in [-0.1, -0.05) is 12.1 Å². The first-order valence-electron chi connectivity index (χ1n) is 4.78. The SMILES string of the molecule is O=C(OCCC[SiH3])c1c(F)cccc1I. The third-order valence-electron chi connectivity index (χ3n) is 1.90. The fraction of sp³-hybridized carbons (Fsp3) is 0.300. The zero-order valence-electron chi connectivity index (χ0n) is 8.43. The number of hydrogen-bond acceptors (Lipinski definition) is 2. The van der Waals surface area contributed by atoms with E-state index in [4.69, 9.17) is 4.74 Å². The number of carbonyl (C=O) groups excluding carboxylic acids is 1. The van der Waals surface area contributed by atoms with Gasteiger partial charge in [0.05, 0.1) is 6.61 Å². The summed E-state index contributed by atoms with van der Waals surface area (Å²) in [6.45, 7) is 0.382. The molecular formula is C10H12FIO2Si. The molecule has 1 aromatic carbocycles. The predicted molar refractivity (Wildman–Crippen MR) is 68.8 cm³/mol. The lowest BCUT2D eigenvalue weighted by Crippen LogP contribution is -2.10. The second kappa shape index (κ2) is 6.22. The van der Waals surface area contributed by atoms with Crippen molar-refractivity contribution in [1.29, 1.82) is 0 Å². The largest absolute Gasteiger partial charge is 0.462 e. The van der Waals surface area contributed by atoms with Crippen LogP contribution in [0.5, 0.6) is 0 Å². The van der Waals surface area contributed by atoms with Crippen LogP contribution in [0, 0.1) is 9.39 Å². The van der Waals surface area contributed by atoms with Crippen LogP contribution in [-0.4, -0.2) is 22.8 Å². The van der Waals surface area contributed by atoms with Gasteiger partial charge in [-0.05, 0) is 41.1 Å². The average molecular weight is 338 g/mol. The number of rotatable bonds is 4. The van der Waals surface area contributed by atoms with E-state index in [1.54, 1.807) is 12.1 Å². The van der Waals surface area contributed by atoms with Crippen molar-refractivity contribution in [3.05, 3.63) is 33.1 Å². The van der Waals surface area contributed by atoms with Gasteiger partial charge >= 0.3 is 5.97 Å². The fourth-order valence-corrected chi connectivity index (χ4v) is 2.05. The molecule has 0 radical (unpaired) electrons. The van der Waals surface area contributed by atoms with Crippen LogP contribution in [-0.2, 0) is 4.74 Å². The lowest BCUT2D eigenvalue weighted by molar-refractivity contribution is 0.0498. The molecule has 0 N–H and O–H groups in total. The van der Waals surface area contributed by atoms with E-state index in [2.05, 4.69) is 0 Å². The Labute approximate surface area is 105 Å². The topological polar surface area (TPSA) is 26.3 Å². The maximum absolute atomic E-state index is 13.3. The second-order valence-corrected chi connectivity index (χ2v) is 5.25. The number of halogens is 2. The predicted octanol–water partition coefficient (Wildman–Crippen LogP) is 1.76. The van der Waals surface area contributed by atoms with Crippen LogP contribution in [0.3, 0.4) is 0 Å². The van der Waals surface area contributed by atoms with Crippen molar-refractivity contribution in [3.8, 4) is 0 Å². The summed E-state index contributed by atoms with van der Waals surface area (Å²) in [7, 11) is 1.10. The summed E-state index contributed by atoms with van der Waals surface area (Å²) in [6, 6.07) is 5.62. The van der Waals surface area contributed by atoms with Crippen LogP contribution in [0.1, 0.15) is 16.8 Å². The maximum Gasteiger partial charge on any atom is 0.342 e. The van der Waals surface area contributed by atoms with Crippen molar-refractivity contribution in [1.82, 2.24) is 0 Å². The number of carbonyl (C=O) groups is 1. The van der Waals surface area contributed by atoms with Gasteiger partial charge in [0.2, 0.25) is 0 Å². The highest BCUT2D eigenvalue weighted by molar-refractivity contribution is 14.1. The Morgan fingerprint density at radius 2 is 2.27 bits per heavy atom. The second-order valence-electron chi connectivity index (χ2n) is 3.09. The van der Waals surface area contributed by atoms with Gasteiger partial charge in [-0.2, -0.15) is 0 Å². The molecule has 1 aromatic rings. The van der Waals surface area contributed by atoms with Gasteiger partial charge in [-0.3, -0.25) is 0 Å². The monoisotopic (exact) mass is 338 g/mol. The molecule has 0 amide bonds. The molecule has 0 aliphatic rings. The third-order valence-corrected chi connectivity index (χ3v) is 3.50. The highest BCUT2D eigenvalue weighted by atomic mass is 127. The van der Waals surface area contributed by atoms with Crippen LogP contribution >= 0.6 is 22.6 Å². The van der Waals surface area contributed by atoms with Crippen molar-refractivity contribution in [3.63, 3.8) is 0 Å². The summed E-state index contributed by atoms with van der Waals surface area (Å²) in [5.74, 6) is -1.08. The summed E-state index contributed by atoms with van der Waals surface area (Å²) in [4.78, 5) is 11.5. The summed E-state index contributed by atoms with van der Waals surface area (Å²) in [5, 5.41) is 0. The first kappa shape index (κ1) is 12.6. The number of ether oxygens (including phenoxy) is 1. The van der Waals surface area contributed by atoms with Gasteiger partial charge in [-0.15, -0.1) is 0 Å². The first-order chi connectivity index (χ1) is 7.16. The molecule has 0 atom stereocenters. The van der Waals surface area contributed by atoms with E-state index in [-0.39, 0.29) is 5.56 Å². The van der Waals surface area contributed by atoms with Crippen LogP contribution in [0.15, 0.2) is 18.2 Å². The average Bonchev–Trinajstić information content (AvgIpc) is 2.18. The minimum atomic E-state index is -0.562. The molecule has 0 saturated heterocycles. The molecule has 0 unspecified atom stereocenters. The Hall–Kier alpha value is -0.433. The smallest absolute Gasteiger partial charge is 0.342 e. The molecule has 1 rings (SSSR count). The standard InChI is InChI=1S/C10H12FIO2Si/c11-7-3-1-4-8(12)9(7)10(13)14-5-2-6-15/h1,3-4H,2,5-6H2,15H3. The maximum atomic E-state index is 13.3. The first-order valence-corrected chi connectivity index (χ1v) is 7.27. The van der Waals surface area contributed by atoms with Crippen LogP contribution in [0.25, 0.3) is 0 Å². The molecular weight excluding hydrogens is 326 g/mol. The Bertz CT molecular complexity index is 337. The molecule has 0 aliphatic carbocycles. The van der Waals surface area contributed by atoms with Crippen molar-refractivity contribution in [2.24, 2.45) is 0 Å². The van der Waals surface area contributed by atoms with E-state index in [9.17, 15) is 9.18 Å². The lowest BCUT2D eigenvalue weighted by atomic mass is 10.2. The lowest BCUT2D eigenvalue weighted by Gasteiger charge is -2.06. The van der Waals surface area contributed by atoms with E-state index in [0.717, 1.165) is 22.7 Å². The Morgan fingerprint density at radius 3 is 2.87 bits per heavy atom. The van der Waals surface area contributed by atoms with E-state index in [0.29, 0.717) is 10.2 Å². The summed E-state index contributed by atoms with van der Waals surface area (Å²) < 4.78 is 18.9.